The summed E-state index contributed by atoms with van der Waals surface area (Å²) in [6.07, 6.45) is 1.80. The number of carboxylic acids is 2. The number of aliphatic carboxylic acids is 2. The first kappa shape index (κ1) is 19.2. The maximum Gasteiger partial charge on any atom is 0.331 e. The average Bonchev–Trinajstić information content (AvgIpc) is 2.02. The van der Waals surface area contributed by atoms with Crippen LogP contribution in [0.15, 0.2) is 11.6 Å². The van der Waals surface area contributed by atoms with Crippen LogP contribution in [0.1, 0.15) is 19.3 Å². The smallest absolute Gasteiger partial charge is 0.331 e. The molecular formula is C8H18N2O5. The van der Waals surface area contributed by atoms with Crippen molar-refractivity contribution in [3.8, 4) is 0 Å². The predicted octanol–water partition coefficient (Wildman–Crippen LogP) is 0.569. The first-order valence-corrected chi connectivity index (χ1v) is 3.85. The number of carboxylic acid groups (broad SMARTS) is 2. The van der Waals surface area contributed by atoms with Gasteiger partial charge in [-0.15, -0.1) is 0 Å². The molecule has 0 aliphatic rings. The summed E-state index contributed by atoms with van der Waals surface area (Å²) in [4.78, 5) is 20.6. The molecule has 0 aliphatic heterocycles. The largest absolute Gasteiger partial charge is 0.478 e. The van der Waals surface area contributed by atoms with Crippen LogP contribution in [0.25, 0.3) is 0 Å². The lowest BCUT2D eigenvalue weighted by Gasteiger charge is -1.99. The molecule has 0 aliphatic carbocycles. The first-order chi connectivity index (χ1) is 6.07. The highest BCUT2D eigenvalue weighted by atomic mass is 16.4. The summed E-state index contributed by atoms with van der Waals surface area (Å²) in [5, 5.41) is 25.2. The summed E-state index contributed by atoms with van der Waals surface area (Å²) in [6.45, 7) is -0.0139. The van der Waals surface area contributed by atoms with Crippen molar-refractivity contribution in [1.82, 2.24) is 12.3 Å². The Kier molecular flexibility index (Phi) is 13.6. The highest BCUT2D eigenvalue weighted by molar-refractivity contribution is 5.94. The summed E-state index contributed by atoms with van der Waals surface area (Å²) >= 11 is 0. The van der Waals surface area contributed by atoms with Gasteiger partial charge in [0, 0.05) is 18.3 Å². The minimum absolute atomic E-state index is 0. The summed E-state index contributed by atoms with van der Waals surface area (Å²) in [7, 11) is 0. The molecular weight excluding hydrogens is 204 g/mol. The van der Waals surface area contributed by atoms with Crippen LogP contribution in [0.3, 0.4) is 0 Å². The van der Waals surface area contributed by atoms with E-state index in [1.807, 2.05) is 0 Å². The average molecular weight is 222 g/mol. The highest BCUT2D eigenvalue weighted by Crippen LogP contribution is 2.07. The van der Waals surface area contributed by atoms with Gasteiger partial charge in [0.15, 0.2) is 0 Å². The Morgan fingerprint density at radius 2 is 1.60 bits per heavy atom. The van der Waals surface area contributed by atoms with Gasteiger partial charge in [-0.3, -0.25) is 0 Å². The Morgan fingerprint density at radius 1 is 1.07 bits per heavy atom. The summed E-state index contributed by atoms with van der Waals surface area (Å²) < 4.78 is 0. The monoisotopic (exact) mass is 222 g/mol. The van der Waals surface area contributed by atoms with Crippen LogP contribution >= 0.6 is 0 Å². The minimum Gasteiger partial charge on any atom is -0.478 e. The molecule has 9 N–H and O–H groups in total. The zero-order chi connectivity index (χ0) is 10.3. The molecule has 0 aromatic carbocycles. The fourth-order valence-electron chi connectivity index (χ4n) is 0.817. The summed E-state index contributed by atoms with van der Waals surface area (Å²) in [5.74, 6) is -2.48. The van der Waals surface area contributed by atoms with E-state index < -0.39 is 11.9 Å². The van der Waals surface area contributed by atoms with E-state index in [0.29, 0.717) is 18.9 Å². The number of hydrogen-bond acceptors (Lipinski definition) is 5. The second-order valence-electron chi connectivity index (χ2n) is 2.49. The molecule has 0 saturated carbocycles. The predicted molar refractivity (Wildman–Crippen MR) is 54.3 cm³/mol. The van der Waals surface area contributed by atoms with Crippen molar-refractivity contribution in [3.05, 3.63) is 11.6 Å². The normalized spacial score (nSPS) is 9.80. The molecule has 0 fully saturated rings. The highest BCUT2D eigenvalue weighted by Gasteiger charge is 2.08. The van der Waals surface area contributed by atoms with Gasteiger partial charge in [-0.05, 0) is 19.3 Å². The van der Waals surface area contributed by atoms with Crippen LogP contribution in [0.5, 0.6) is 0 Å². The van der Waals surface area contributed by atoms with Crippen molar-refractivity contribution >= 4 is 11.9 Å². The van der Waals surface area contributed by atoms with Crippen LogP contribution in [0.2, 0.25) is 0 Å². The van der Waals surface area contributed by atoms with Gasteiger partial charge < -0.3 is 27.6 Å². The Hall–Kier alpha value is -1.44. The topological polar surface area (TPSA) is 165 Å². The van der Waals surface area contributed by atoms with Gasteiger partial charge in [-0.2, -0.15) is 0 Å². The standard InChI is InChI=1S/C8H12O5.2H3N/c9-4-2-1-3-6(8(12)13)5-7(10)11;;/h5,9H,1-4H2,(H,10,11)(H,12,13);2*1H3/b6-5-;;. The van der Waals surface area contributed by atoms with Gasteiger partial charge in [0.2, 0.25) is 0 Å². The Labute approximate surface area is 87.6 Å². The molecule has 0 atom stereocenters. The van der Waals surface area contributed by atoms with E-state index in [9.17, 15) is 9.59 Å². The van der Waals surface area contributed by atoms with E-state index in [0.717, 1.165) is 0 Å². The summed E-state index contributed by atoms with van der Waals surface area (Å²) in [5.41, 5.74) is -0.138. The zero-order valence-corrected chi connectivity index (χ0v) is 8.48. The molecule has 90 valence electrons. The quantitative estimate of drug-likeness (QED) is 0.323. The molecule has 0 aromatic heterocycles. The van der Waals surface area contributed by atoms with Gasteiger partial charge >= 0.3 is 11.9 Å². The van der Waals surface area contributed by atoms with Crippen LogP contribution in [0.4, 0.5) is 0 Å². The van der Waals surface area contributed by atoms with Crippen molar-refractivity contribution in [2.45, 2.75) is 19.3 Å². The molecule has 0 spiro atoms. The van der Waals surface area contributed by atoms with Gasteiger partial charge in [0.1, 0.15) is 0 Å². The molecule has 7 heteroatoms. The van der Waals surface area contributed by atoms with E-state index in [1.165, 1.54) is 0 Å². The van der Waals surface area contributed by atoms with Crippen molar-refractivity contribution in [1.29, 1.82) is 0 Å². The lowest BCUT2D eigenvalue weighted by Crippen LogP contribution is -2.04. The van der Waals surface area contributed by atoms with E-state index in [2.05, 4.69) is 0 Å². The van der Waals surface area contributed by atoms with Crippen LogP contribution in [-0.2, 0) is 9.59 Å². The van der Waals surface area contributed by atoms with E-state index in [-0.39, 0.29) is 30.9 Å². The maximum atomic E-state index is 10.4. The zero-order valence-electron chi connectivity index (χ0n) is 8.48. The SMILES string of the molecule is N.N.O=C(O)/C=C(/CCCCO)C(=O)O. The molecule has 0 aromatic rings. The fourth-order valence-corrected chi connectivity index (χ4v) is 0.817. The molecule has 0 unspecified atom stereocenters. The third kappa shape index (κ3) is 10.5. The van der Waals surface area contributed by atoms with Gasteiger partial charge in [-0.25, -0.2) is 9.59 Å². The molecule has 0 bridgehead atoms. The number of aliphatic hydroxyl groups excluding tert-OH is 1. The maximum absolute atomic E-state index is 10.4. The van der Waals surface area contributed by atoms with Crippen LogP contribution < -0.4 is 12.3 Å². The van der Waals surface area contributed by atoms with Crippen molar-refractivity contribution in [2.75, 3.05) is 6.61 Å². The molecule has 0 radical (unpaired) electrons. The lowest BCUT2D eigenvalue weighted by molar-refractivity contribution is -0.135. The summed E-state index contributed by atoms with van der Waals surface area (Å²) in [6, 6.07) is 0. The fraction of sp³-hybridized carbons (Fsp3) is 0.500. The van der Waals surface area contributed by atoms with Crippen LogP contribution in [0, 0.1) is 0 Å². The number of aliphatic hydroxyl groups is 1. The van der Waals surface area contributed by atoms with Crippen molar-refractivity contribution < 1.29 is 24.9 Å². The Morgan fingerprint density at radius 3 is 1.93 bits per heavy atom. The molecule has 0 amide bonds. The lowest BCUT2D eigenvalue weighted by atomic mass is 10.1. The number of rotatable bonds is 6. The van der Waals surface area contributed by atoms with E-state index >= 15 is 0 Å². The number of hydrogen-bond donors (Lipinski definition) is 5. The second-order valence-corrected chi connectivity index (χ2v) is 2.49. The molecule has 7 nitrogen and oxygen atoms in total. The van der Waals surface area contributed by atoms with E-state index in [4.69, 9.17) is 15.3 Å². The molecule has 0 rings (SSSR count). The van der Waals surface area contributed by atoms with Gasteiger partial charge in [0.05, 0.1) is 0 Å². The molecule has 0 saturated heterocycles. The third-order valence-corrected chi connectivity index (χ3v) is 1.43. The van der Waals surface area contributed by atoms with Gasteiger partial charge in [0.25, 0.3) is 0 Å². The minimum atomic E-state index is -1.26. The van der Waals surface area contributed by atoms with Gasteiger partial charge in [-0.1, -0.05) is 0 Å². The van der Waals surface area contributed by atoms with Crippen LogP contribution in [-0.4, -0.2) is 33.9 Å². The van der Waals surface area contributed by atoms with Crippen molar-refractivity contribution in [3.63, 3.8) is 0 Å². The number of unbranched alkanes of at least 4 members (excludes halogenated alkanes) is 1. The molecule has 0 heterocycles. The molecule has 15 heavy (non-hydrogen) atoms. The first-order valence-electron chi connectivity index (χ1n) is 3.85. The second kappa shape index (κ2) is 10.6. The van der Waals surface area contributed by atoms with E-state index in [1.54, 1.807) is 0 Å². The Bertz CT molecular complexity index is 227. The van der Waals surface area contributed by atoms with Crippen molar-refractivity contribution in [2.24, 2.45) is 0 Å². The third-order valence-electron chi connectivity index (χ3n) is 1.43. The Balaban J connectivity index is -0.000000720. The number of carbonyl (C=O) groups is 2.